The van der Waals surface area contributed by atoms with Crippen LogP contribution in [-0.4, -0.2) is 19.5 Å². The lowest BCUT2D eigenvalue weighted by molar-refractivity contribution is 0.228. The Kier molecular flexibility index (Phi) is 4.41. The van der Waals surface area contributed by atoms with Crippen LogP contribution in [0.2, 0.25) is 0 Å². The van der Waals surface area contributed by atoms with Crippen LogP contribution in [0.25, 0.3) is 22.4 Å². The van der Waals surface area contributed by atoms with Crippen LogP contribution < -0.4 is 10.5 Å². The van der Waals surface area contributed by atoms with Gasteiger partial charge in [-0.05, 0) is 37.1 Å². The van der Waals surface area contributed by atoms with Crippen LogP contribution in [0.1, 0.15) is 35.4 Å². The van der Waals surface area contributed by atoms with Gasteiger partial charge in [0.25, 0.3) is 0 Å². The molecule has 0 fully saturated rings. The highest BCUT2D eigenvalue weighted by atomic mass is 16.5. The molecule has 3 aromatic heterocycles. The lowest BCUT2D eigenvalue weighted by atomic mass is 9.93. The van der Waals surface area contributed by atoms with Crippen LogP contribution in [0.15, 0.2) is 55.2 Å². The number of aryl methyl sites for hydroxylation is 1. The van der Waals surface area contributed by atoms with Gasteiger partial charge < -0.3 is 15.0 Å². The quantitative estimate of drug-likeness (QED) is 0.466. The number of hydrogen-bond acceptors (Lipinski definition) is 6. The van der Waals surface area contributed by atoms with Crippen LogP contribution >= 0.6 is 0 Å². The number of aromatic nitrogens is 4. The number of nitriles is 1. The maximum absolute atomic E-state index is 9.64. The number of nitrogens with two attached hydrogens (primary N) is 1. The third kappa shape index (κ3) is 3.19. The molecule has 1 atom stereocenters. The summed E-state index contributed by atoms with van der Waals surface area (Å²) in [6.07, 6.45) is 6.71. The molecule has 0 saturated carbocycles. The van der Waals surface area contributed by atoms with Crippen LogP contribution in [0.3, 0.4) is 0 Å². The van der Waals surface area contributed by atoms with Gasteiger partial charge in [0, 0.05) is 41.8 Å². The summed E-state index contributed by atoms with van der Waals surface area (Å²) in [5.74, 6) is 0.773. The standard InChI is InChI=1S/C24H20N6O/c1-14-3-4-18-19(7-14)15(2)31-22-8-17(10-28-24(22)26)23-21(9-25)29-13-30(23)12-16-5-6-27-11-20(16)18/h3-8,10-11,13,15H,12H2,1-2H3,(H2,26,28). The van der Waals surface area contributed by atoms with Crippen molar-refractivity contribution in [3.8, 4) is 34.2 Å². The van der Waals surface area contributed by atoms with E-state index in [0.717, 1.165) is 33.4 Å². The molecule has 1 aromatic carbocycles. The fourth-order valence-electron chi connectivity index (χ4n) is 4.07. The fourth-order valence-corrected chi connectivity index (χ4v) is 4.07. The van der Waals surface area contributed by atoms with Crippen molar-refractivity contribution in [1.82, 2.24) is 19.5 Å². The summed E-state index contributed by atoms with van der Waals surface area (Å²) in [7, 11) is 0. The van der Waals surface area contributed by atoms with Crippen molar-refractivity contribution < 1.29 is 4.74 Å². The molecule has 1 unspecified atom stereocenters. The molecule has 0 spiro atoms. The van der Waals surface area contributed by atoms with Crippen LogP contribution in [0.4, 0.5) is 5.82 Å². The second-order valence-corrected chi connectivity index (χ2v) is 7.67. The molecule has 4 aromatic rings. The average Bonchev–Trinajstić information content (AvgIpc) is 3.17. The number of anilines is 1. The van der Waals surface area contributed by atoms with Crippen molar-refractivity contribution in [3.63, 3.8) is 0 Å². The Hall–Kier alpha value is -4.18. The molecule has 0 aliphatic carbocycles. The van der Waals surface area contributed by atoms with Crippen molar-refractivity contribution in [2.24, 2.45) is 0 Å². The van der Waals surface area contributed by atoms with Gasteiger partial charge in [0.1, 0.15) is 12.2 Å². The topological polar surface area (TPSA) is 103 Å². The summed E-state index contributed by atoms with van der Waals surface area (Å²) >= 11 is 0. The maximum atomic E-state index is 9.64. The summed E-state index contributed by atoms with van der Waals surface area (Å²) in [5.41, 5.74) is 13.2. The summed E-state index contributed by atoms with van der Waals surface area (Å²) < 4.78 is 8.25. The Morgan fingerprint density at radius 3 is 2.87 bits per heavy atom. The first kappa shape index (κ1) is 18.8. The highest BCUT2D eigenvalue weighted by molar-refractivity contribution is 5.73. The number of ether oxygens (including phenoxy) is 1. The van der Waals surface area contributed by atoms with Crippen molar-refractivity contribution in [3.05, 3.63) is 77.6 Å². The minimum atomic E-state index is -0.276. The van der Waals surface area contributed by atoms with Crippen LogP contribution in [0, 0.1) is 18.3 Å². The monoisotopic (exact) mass is 408 g/mol. The summed E-state index contributed by atoms with van der Waals surface area (Å²) in [6.45, 7) is 4.59. The Morgan fingerprint density at radius 2 is 2.03 bits per heavy atom. The molecular formula is C24H20N6O. The number of fused-ring (bicyclic) bond motifs is 7. The molecular weight excluding hydrogens is 388 g/mol. The van der Waals surface area contributed by atoms with Crippen LogP contribution in [-0.2, 0) is 6.54 Å². The van der Waals surface area contributed by atoms with Gasteiger partial charge in [0.2, 0.25) is 0 Å². The molecule has 0 radical (unpaired) electrons. The van der Waals surface area contributed by atoms with Crippen molar-refractivity contribution in [2.75, 3.05) is 5.73 Å². The predicted octanol–water partition coefficient (Wildman–Crippen LogP) is 4.27. The first-order chi connectivity index (χ1) is 15.0. The first-order valence-electron chi connectivity index (χ1n) is 9.96. The minimum Gasteiger partial charge on any atom is -0.482 e. The molecule has 0 saturated heterocycles. The maximum Gasteiger partial charge on any atom is 0.166 e. The van der Waals surface area contributed by atoms with E-state index in [0.29, 0.717) is 29.5 Å². The number of pyridine rings is 2. The van der Waals surface area contributed by atoms with Gasteiger partial charge in [-0.25, -0.2) is 9.97 Å². The van der Waals surface area contributed by atoms with Gasteiger partial charge in [0.05, 0.1) is 12.0 Å². The molecule has 1 aliphatic rings. The van der Waals surface area contributed by atoms with Crippen LogP contribution in [0.5, 0.6) is 5.75 Å². The van der Waals surface area contributed by atoms with E-state index in [1.54, 1.807) is 18.7 Å². The number of imidazole rings is 1. The van der Waals surface area contributed by atoms with E-state index in [4.69, 9.17) is 10.5 Å². The van der Waals surface area contributed by atoms with Crippen molar-refractivity contribution in [1.29, 1.82) is 5.26 Å². The van der Waals surface area contributed by atoms with E-state index in [1.807, 2.05) is 29.8 Å². The van der Waals surface area contributed by atoms with Gasteiger partial charge in [-0.15, -0.1) is 0 Å². The highest BCUT2D eigenvalue weighted by Gasteiger charge is 2.22. The average molecular weight is 408 g/mol. The smallest absolute Gasteiger partial charge is 0.166 e. The Labute approximate surface area is 179 Å². The largest absolute Gasteiger partial charge is 0.482 e. The number of nitrogens with zero attached hydrogens (tertiary/aromatic N) is 5. The second-order valence-electron chi connectivity index (χ2n) is 7.67. The fraction of sp³-hybridized carbons (Fsp3) is 0.167. The van der Waals surface area contributed by atoms with E-state index >= 15 is 0 Å². The van der Waals surface area contributed by atoms with E-state index < -0.39 is 0 Å². The summed E-state index contributed by atoms with van der Waals surface area (Å²) in [4.78, 5) is 13.0. The lowest BCUT2D eigenvalue weighted by Crippen LogP contribution is -2.10. The molecule has 1 aliphatic heterocycles. The normalized spacial score (nSPS) is 14.7. The van der Waals surface area contributed by atoms with Gasteiger partial charge in [-0.2, -0.15) is 5.26 Å². The van der Waals surface area contributed by atoms with Gasteiger partial charge in [-0.3, -0.25) is 4.98 Å². The third-order valence-corrected chi connectivity index (χ3v) is 5.59. The molecule has 4 heterocycles. The zero-order chi connectivity index (χ0) is 21.5. The molecule has 2 N–H and O–H groups in total. The number of benzene rings is 1. The Bertz CT molecular complexity index is 1350. The highest BCUT2D eigenvalue weighted by Crippen LogP contribution is 2.37. The SMILES string of the molecule is Cc1ccc2c(c1)C(C)Oc1cc(cnc1N)-c1c(C#N)ncn1Cc1ccncc1-2. The third-order valence-electron chi connectivity index (χ3n) is 5.59. The number of hydrogen-bond donors (Lipinski definition) is 1. The summed E-state index contributed by atoms with van der Waals surface area (Å²) in [5, 5.41) is 9.64. The van der Waals surface area contributed by atoms with Gasteiger partial charge >= 0.3 is 0 Å². The Balaban J connectivity index is 1.83. The van der Waals surface area contributed by atoms with Gasteiger partial charge in [-0.1, -0.05) is 23.8 Å². The zero-order valence-electron chi connectivity index (χ0n) is 17.2. The van der Waals surface area contributed by atoms with Crippen molar-refractivity contribution in [2.45, 2.75) is 26.5 Å². The number of rotatable bonds is 0. The Morgan fingerprint density at radius 1 is 1.16 bits per heavy atom. The van der Waals surface area contributed by atoms with E-state index in [-0.39, 0.29) is 6.10 Å². The zero-order valence-corrected chi connectivity index (χ0v) is 17.2. The van der Waals surface area contributed by atoms with Gasteiger partial charge in [0.15, 0.2) is 17.3 Å². The minimum absolute atomic E-state index is 0.276. The first-order valence-corrected chi connectivity index (χ1v) is 9.96. The second kappa shape index (κ2) is 7.26. The molecule has 0 amide bonds. The molecule has 152 valence electrons. The molecule has 5 rings (SSSR count). The molecule has 7 heteroatoms. The lowest BCUT2D eigenvalue weighted by Gasteiger charge is -2.23. The van der Waals surface area contributed by atoms with E-state index in [2.05, 4.69) is 46.1 Å². The summed E-state index contributed by atoms with van der Waals surface area (Å²) in [6, 6.07) is 12.3. The predicted molar refractivity (Wildman–Crippen MR) is 117 cm³/mol. The molecule has 7 nitrogen and oxygen atoms in total. The van der Waals surface area contributed by atoms with Crippen molar-refractivity contribution >= 4 is 5.82 Å². The van der Waals surface area contributed by atoms with E-state index in [1.165, 1.54) is 0 Å². The molecule has 31 heavy (non-hydrogen) atoms. The number of nitrogen functional groups attached to an aromatic ring is 1. The molecule has 2 bridgehead atoms. The van der Waals surface area contributed by atoms with E-state index in [9.17, 15) is 5.26 Å².